The lowest BCUT2D eigenvalue weighted by Crippen LogP contribution is -2.12. The van der Waals surface area contributed by atoms with Gasteiger partial charge in [0.05, 0.1) is 0 Å². The molecule has 1 heterocycles. The zero-order valence-corrected chi connectivity index (χ0v) is 13.6. The summed E-state index contributed by atoms with van der Waals surface area (Å²) >= 11 is 0. The molecule has 2 aromatic rings. The molecule has 1 heteroatoms. The van der Waals surface area contributed by atoms with Crippen LogP contribution < -0.4 is 0 Å². The summed E-state index contributed by atoms with van der Waals surface area (Å²) in [6, 6.07) is 16.6. The highest BCUT2D eigenvalue weighted by Gasteiger charge is 2.13. The third-order valence-corrected chi connectivity index (χ3v) is 3.07. The molecule has 0 aliphatic carbocycles. The Morgan fingerprint density at radius 2 is 1.20 bits per heavy atom. The maximum Gasteiger partial charge on any atom is 0.0457 e. The van der Waals surface area contributed by atoms with E-state index in [9.17, 15) is 0 Å². The van der Waals surface area contributed by atoms with Crippen LogP contribution in [0, 0.1) is 0 Å². The number of aromatic nitrogens is 1. The molecule has 0 bridgehead atoms. The molecule has 1 aromatic carbocycles. The average molecular weight is 269 g/mol. The molecule has 0 saturated heterocycles. The first-order valence-electron chi connectivity index (χ1n) is 7.18. The van der Waals surface area contributed by atoms with Gasteiger partial charge in [-0.05, 0) is 23.1 Å². The molecule has 0 fully saturated rings. The van der Waals surface area contributed by atoms with Gasteiger partial charge in [0.1, 0.15) is 0 Å². The third-order valence-electron chi connectivity index (χ3n) is 3.07. The average Bonchev–Trinajstić information content (AvgIpc) is 2.40. The lowest BCUT2D eigenvalue weighted by Gasteiger charge is -2.18. The van der Waals surface area contributed by atoms with Crippen molar-refractivity contribution in [1.82, 2.24) is 4.98 Å². The van der Waals surface area contributed by atoms with Crippen LogP contribution in [0.2, 0.25) is 0 Å². The van der Waals surface area contributed by atoms with Crippen LogP contribution in [-0.2, 0) is 10.8 Å². The fraction of sp³-hybridized carbons (Fsp3) is 0.421. The molecule has 2 rings (SSSR count). The summed E-state index contributed by atoms with van der Waals surface area (Å²) in [5, 5.41) is 0. The van der Waals surface area contributed by atoms with E-state index in [2.05, 4.69) is 82.9 Å². The van der Waals surface area contributed by atoms with Crippen molar-refractivity contribution in [3.05, 3.63) is 66.0 Å². The number of nitrogens with zero attached hydrogens (tertiary/aromatic N) is 1. The minimum atomic E-state index is 0.182. The van der Waals surface area contributed by atoms with Gasteiger partial charge in [0, 0.05) is 17.3 Å². The quantitative estimate of drug-likeness (QED) is 0.627. The summed E-state index contributed by atoms with van der Waals surface area (Å²) in [4.78, 5) is 4.25. The Morgan fingerprint density at radius 3 is 1.50 bits per heavy atom. The van der Waals surface area contributed by atoms with Gasteiger partial charge in [0.25, 0.3) is 0 Å². The maximum atomic E-state index is 4.25. The molecule has 0 amide bonds. The standard InChI is InChI=1S/C10H14.C9H13N/c1-10(2,3)9-7-5-4-6-8-9;1-9(2,3)8-6-4-5-7-10-8/h4-8H,1-3H3;4-7H,1-3H3. The zero-order chi connectivity index (χ0) is 15.2. The van der Waals surface area contributed by atoms with Gasteiger partial charge in [-0.15, -0.1) is 0 Å². The number of pyridine rings is 1. The summed E-state index contributed by atoms with van der Waals surface area (Å²) < 4.78 is 0. The number of hydrogen-bond donors (Lipinski definition) is 0. The third kappa shape index (κ3) is 5.56. The van der Waals surface area contributed by atoms with Crippen molar-refractivity contribution in [2.75, 3.05) is 0 Å². The van der Waals surface area contributed by atoms with E-state index in [4.69, 9.17) is 0 Å². The monoisotopic (exact) mass is 269 g/mol. The van der Waals surface area contributed by atoms with Crippen LogP contribution >= 0.6 is 0 Å². The molecular weight excluding hydrogens is 242 g/mol. The van der Waals surface area contributed by atoms with E-state index in [1.165, 1.54) is 5.56 Å². The van der Waals surface area contributed by atoms with Crippen molar-refractivity contribution >= 4 is 0 Å². The van der Waals surface area contributed by atoms with Gasteiger partial charge in [-0.3, -0.25) is 4.98 Å². The van der Waals surface area contributed by atoms with Crippen LogP contribution in [0.15, 0.2) is 54.7 Å². The Kier molecular flexibility index (Phi) is 5.50. The van der Waals surface area contributed by atoms with Gasteiger partial charge < -0.3 is 0 Å². The fourth-order valence-electron chi connectivity index (χ4n) is 1.74. The van der Waals surface area contributed by atoms with E-state index in [0.717, 1.165) is 5.69 Å². The normalized spacial score (nSPS) is 11.5. The first-order chi connectivity index (χ1) is 9.21. The number of hydrogen-bond acceptors (Lipinski definition) is 1. The molecule has 0 N–H and O–H groups in total. The van der Waals surface area contributed by atoms with Crippen LogP contribution in [0.4, 0.5) is 0 Å². The first kappa shape index (κ1) is 16.4. The summed E-state index contributed by atoms with van der Waals surface area (Å²) in [7, 11) is 0. The van der Waals surface area contributed by atoms with Gasteiger partial charge in [-0.1, -0.05) is 77.9 Å². The molecular formula is C19H27N. The van der Waals surface area contributed by atoms with E-state index in [1.54, 1.807) is 0 Å². The second kappa shape index (κ2) is 6.69. The van der Waals surface area contributed by atoms with Gasteiger partial charge in [0.2, 0.25) is 0 Å². The molecule has 20 heavy (non-hydrogen) atoms. The van der Waals surface area contributed by atoms with Crippen molar-refractivity contribution in [1.29, 1.82) is 0 Å². The predicted octanol–water partition coefficient (Wildman–Crippen LogP) is 5.36. The SMILES string of the molecule is CC(C)(C)c1ccccc1.CC(C)(C)c1ccccn1. The summed E-state index contributed by atoms with van der Waals surface area (Å²) in [5.41, 5.74) is 3.02. The Balaban J connectivity index is 0.000000200. The highest BCUT2D eigenvalue weighted by molar-refractivity contribution is 5.22. The largest absolute Gasteiger partial charge is 0.261 e. The van der Waals surface area contributed by atoms with Crippen LogP contribution in [-0.4, -0.2) is 4.98 Å². The van der Waals surface area contributed by atoms with E-state index in [-0.39, 0.29) is 5.41 Å². The van der Waals surface area contributed by atoms with Crippen LogP contribution in [0.3, 0.4) is 0 Å². The van der Waals surface area contributed by atoms with Crippen molar-refractivity contribution in [2.45, 2.75) is 52.4 Å². The fourth-order valence-corrected chi connectivity index (χ4v) is 1.74. The summed E-state index contributed by atoms with van der Waals surface area (Å²) in [5.74, 6) is 0. The van der Waals surface area contributed by atoms with Crippen molar-refractivity contribution in [3.8, 4) is 0 Å². The van der Waals surface area contributed by atoms with Gasteiger partial charge >= 0.3 is 0 Å². The molecule has 0 atom stereocenters. The molecule has 0 unspecified atom stereocenters. The van der Waals surface area contributed by atoms with Crippen molar-refractivity contribution < 1.29 is 0 Å². The first-order valence-corrected chi connectivity index (χ1v) is 7.18. The molecule has 1 nitrogen and oxygen atoms in total. The van der Waals surface area contributed by atoms with Gasteiger partial charge in [0.15, 0.2) is 0 Å². The smallest absolute Gasteiger partial charge is 0.0457 e. The molecule has 0 spiro atoms. The van der Waals surface area contributed by atoms with Gasteiger partial charge in [-0.25, -0.2) is 0 Å². The lowest BCUT2D eigenvalue weighted by molar-refractivity contribution is 0.569. The zero-order valence-electron chi connectivity index (χ0n) is 13.6. The van der Waals surface area contributed by atoms with E-state index in [1.807, 2.05) is 18.3 Å². The minimum absolute atomic E-state index is 0.182. The van der Waals surface area contributed by atoms with Crippen LogP contribution in [0.5, 0.6) is 0 Å². The topological polar surface area (TPSA) is 12.9 Å². The number of rotatable bonds is 0. The van der Waals surface area contributed by atoms with E-state index < -0.39 is 0 Å². The Bertz CT molecular complexity index is 437. The molecule has 1 aromatic heterocycles. The summed E-state index contributed by atoms with van der Waals surface area (Å²) in [6.45, 7) is 13.2. The predicted molar refractivity (Wildman–Crippen MR) is 88.1 cm³/mol. The van der Waals surface area contributed by atoms with E-state index in [0.29, 0.717) is 5.41 Å². The molecule has 0 saturated carbocycles. The highest BCUT2D eigenvalue weighted by atomic mass is 14.7. The van der Waals surface area contributed by atoms with Gasteiger partial charge in [-0.2, -0.15) is 0 Å². The summed E-state index contributed by atoms with van der Waals surface area (Å²) in [6.07, 6.45) is 1.83. The maximum absolute atomic E-state index is 4.25. The van der Waals surface area contributed by atoms with Crippen molar-refractivity contribution in [3.63, 3.8) is 0 Å². The Labute approximate surface area is 124 Å². The van der Waals surface area contributed by atoms with Crippen LogP contribution in [0.25, 0.3) is 0 Å². The second-order valence-corrected chi connectivity index (χ2v) is 7.08. The second-order valence-electron chi connectivity index (χ2n) is 7.08. The molecule has 108 valence electrons. The highest BCUT2D eigenvalue weighted by Crippen LogP contribution is 2.20. The molecule has 0 radical (unpaired) electrons. The Hall–Kier alpha value is -1.63. The number of benzene rings is 1. The Morgan fingerprint density at radius 1 is 0.650 bits per heavy atom. The molecule has 0 aliphatic rings. The van der Waals surface area contributed by atoms with Crippen molar-refractivity contribution in [2.24, 2.45) is 0 Å². The molecule has 0 aliphatic heterocycles. The lowest BCUT2D eigenvalue weighted by atomic mass is 9.87. The van der Waals surface area contributed by atoms with E-state index >= 15 is 0 Å². The van der Waals surface area contributed by atoms with Crippen LogP contribution in [0.1, 0.15) is 52.8 Å². The minimum Gasteiger partial charge on any atom is -0.261 e.